The molecule has 2 fully saturated rings. The average Bonchev–Trinajstić information content (AvgIpc) is 1.79. The summed E-state index contributed by atoms with van der Waals surface area (Å²) >= 11 is 8.87. The molecule has 15 heteroatoms. The molecule has 0 saturated carbocycles. The Kier molecular flexibility index (Phi) is 30.4. The zero-order valence-electron chi connectivity index (χ0n) is 53.9. The number of hydrogen-bond donors (Lipinski definition) is 1. The van der Waals surface area contributed by atoms with Crippen LogP contribution in [-0.2, 0) is 32.0 Å². The number of thiophene rings is 2. The van der Waals surface area contributed by atoms with Crippen molar-refractivity contribution >= 4 is 100 Å². The van der Waals surface area contributed by atoms with Gasteiger partial charge in [0.2, 0.25) is 23.0 Å². The number of unbranched alkanes of at least 4 members (excludes halogenated alkanes) is 18. The lowest BCUT2D eigenvalue weighted by molar-refractivity contribution is -0.127. The first-order valence-electron chi connectivity index (χ1n) is 34.4. The maximum atomic E-state index is 13.1. The maximum absolute atomic E-state index is 13.1. The first-order chi connectivity index (χ1) is 43.7. The third-order valence-corrected chi connectivity index (χ3v) is 20.0. The fourth-order valence-electron chi connectivity index (χ4n) is 12.7. The second kappa shape index (κ2) is 39.0. The molecule has 1 N–H and O–H groups in total. The molecule has 2 aromatic heterocycles. The summed E-state index contributed by atoms with van der Waals surface area (Å²) in [6, 6.07) is 29.8. The summed E-state index contributed by atoms with van der Waals surface area (Å²) in [5.74, 6) is 1.54. The predicted molar refractivity (Wildman–Crippen MR) is 376 cm³/mol. The largest absolute Gasteiger partial charge is 0.494 e. The summed E-state index contributed by atoms with van der Waals surface area (Å²) in [5.41, 5.74) is 6.65. The lowest BCUT2D eigenvalue weighted by atomic mass is 10.00. The Labute approximate surface area is 546 Å². The number of nitrogens with zero attached hydrogens (tertiary/aromatic N) is 5. The third kappa shape index (κ3) is 23.0. The molecule has 6 heterocycles. The average molecular weight is 1270 g/mol. The zero-order chi connectivity index (χ0) is 62.3. The number of halogens is 1. The van der Waals surface area contributed by atoms with Crippen molar-refractivity contribution < 1.29 is 28.7 Å². The molecule has 0 aliphatic carbocycles. The van der Waals surface area contributed by atoms with Crippen molar-refractivity contribution in [2.75, 3.05) is 98.7 Å². The predicted octanol–water partition coefficient (Wildman–Crippen LogP) is 18.0. The number of imide groups is 1. The molecule has 89 heavy (non-hydrogen) atoms. The number of anilines is 4. The van der Waals surface area contributed by atoms with E-state index in [0.29, 0.717) is 45.3 Å². The molecule has 0 radical (unpaired) electrons. The minimum Gasteiger partial charge on any atom is -0.494 e. The Morgan fingerprint density at radius 1 is 0.483 bits per heavy atom. The van der Waals surface area contributed by atoms with E-state index in [9.17, 15) is 19.2 Å². The van der Waals surface area contributed by atoms with Crippen LogP contribution in [0.25, 0.3) is 20.2 Å². The summed E-state index contributed by atoms with van der Waals surface area (Å²) < 4.78 is 14.8. The quantitative estimate of drug-likeness (QED) is 0.0309. The molecule has 3 amide bonds. The number of carbonyl (C=O) groups is 4. The van der Waals surface area contributed by atoms with E-state index in [4.69, 9.17) is 21.1 Å². The Hall–Kier alpha value is -5.51. The van der Waals surface area contributed by atoms with Gasteiger partial charge in [0.1, 0.15) is 11.5 Å². The number of amides is 3. The second-order valence-corrected chi connectivity index (χ2v) is 27.1. The normalized spacial score (nSPS) is 15.2. The van der Waals surface area contributed by atoms with Gasteiger partial charge in [-0.1, -0.05) is 141 Å². The van der Waals surface area contributed by atoms with E-state index in [1.807, 2.05) is 53.0 Å². The van der Waals surface area contributed by atoms with Crippen molar-refractivity contribution in [3.05, 3.63) is 107 Å². The molecule has 4 aliphatic heterocycles. The fourth-order valence-corrected chi connectivity index (χ4v) is 14.5. The van der Waals surface area contributed by atoms with Crippen LogP contribution in [0.15, 0.2) is 95.7 Å². The summed E-state index contributed by atoms with van der Waals surface area (Å²) in [6.45, 7) is 16.8. The number of aryl methyl sites for hydroxylation is 2. The van der Waals surface area contributed by atoms with Crippen LogP contribution in [-0.4, -0.2) is 111 Å². The molecule has 12 nitrogen and oxygen atoms in total. The van der Waals surface area contributed by atoms with Crippen LogP contribution < -0.4 is 29.5 Å². The summed E-state index contributed by atoms with van der Waals surface area (Å²) in [5, 5.41) is 9.89. The number of carbonyl (C=O) groups excluding carboxylic acids is 4. The Morgan fingerprint density at radius 3 is 1.47 bits per heavy atom. The molecule has 2 saturated heterocycles. The SMILES string of the molecule is CCCCCCCCCCCC(=O)Cl.CCCCCCCCCCCC(=O)N1C(=O)CCc2ccc(OCCCCN3CCN(c4cccc5sccc45)CC3)cc21.O=C1CCc2ccc(OCCCCN3CCN(c4cccc5sccc45)CC3)cc2N1. The van der Waals surface area contributed by atoms with Crippen LogP contribution in [0.4, 0.5) is 22.7 Å². The smallest absolute Gasteiger partial charge is 0.234 e. The van der Waals surface area contributed by atoms with E-state index in [1.165, 1.54) is 132 Å². The third-order valence-electron chi connectivity index (χ3n) is 18.0. The highest BCUT2D eigenvalue weighted by atomic mass is 35.5. The summed E-state index contributed by atoms with van der Waals surface area (Å²) in [4.78, 5) is 59.6. The van der Waals surface area contributed by atoms with Crippen LogP contribution in [0.5, 0.6) is 11.5 Å². The summed E-state index contributed by atoms with van der Waals surface area (Å²) in [7, 11) is 0. The van der Waals surface area contributed by atoms with Gasteiger partial charge in [-0.3, -0.25) is 33.9 Å². The first-order valence-corrected chi connectivity index (χ1v) is 36.5. The first kappa shape index (κ1) is 69.4. The molecule has 4 aliphatic rings. The van der Waals surface area contributed by atoms with E-state index in [2.05, 4.69) is 104 Å². The van der Waals surface area contributed by atoms with Crippen molar-refractivity contribution in [3.8, 4) is 11.5 Å². The highest BCUT2D eigenvalue weighted by Crippen LogP contribution is 2.35. The molecule has 0 unspecified atom stereocenters. The molecular weight excluding hydrogens is 1170 g/mol. The van der Waals surface area contributed by atoms with E-state index >= 15 is 0 Å². The fraction of sp³-hybridized carbons (Fsp3) is 0.568. The van der Waals surface area contributed by atoms with E-state index in [1.54, 1.807) is 0 Å². The Morgan fingerprint density at radius 2 is 0.955 bits per heavy atom. The van der Waals surface area contributed by atoms with Crippen LogP contribution in [0, 0.1) is 0 Å². The number of nitrogens with one attached hydrogen (secondary N) is 1. The molecular formula is C74H103ClN6O6S2. The van der Waals surface area contributed by atoms with Crippen molar-refractivity contribution in [2.45, 2.75) is 194 Å². The number of ether oxygens (including phenoxy) is 2. The Bertz CT molecular complexity index is 3080. The van der Waals surface area contributed by atoms with Gasteiger partial charge in [-0.2, -0.15) is 0 Å². The van der Waals surface area contributed by atoms with Gasteiger partial charge in [-0.25, -0.2) is 0 Å². The van der Waals surface area contributed by atoms with E-state index in [0.717, 1.165) is 152 Å². The topological polar surface area (TPSA) is 115 Å². The van der Waals surface area contributed by atoms with Crippen LogP contribution in [0.2, 0.25) is 0 Å². The molecule has 0 bridgehead atoms. The number of fused-ring (bicyclic) bond motifs is 4. The van der Waals surface area contributed by atoms with Crippen molar-refractivity contribution in [3.63, 3.8) is 0 Å². The minimum atomic E-state index is -0.187. The lowest BCUT2D eigenvalue weighted by Crippen LogP contribution is -2.46. The molecule has 0 atom stereocenters. The number of piperazine rings is 2. The molecule has 0 spiro atoms. The molecule has 6 aromatic rings. The Balaban J connectivity index is 0.000000197. The van der Waals surface area contributed by atoms with Crippen LogP contribution in [0.1, 0.15) is 192 Å². The molecule has 4 aromatic carbocycles. The van der Waals surface area contributed by atoms with Gasteiger partial charge in [0.25, 0.3) is 0 Å². The minimum absolute atomic E-state index is 0.0665. The lowest BCUT2D eigenvalue weighted by Gasteiger charge is -2.36. The van der Waals surface area contributed by atoms with E-state index in [-0.39, 0.29) is 23.0 Å². The maximum Gasteiger partial charge on any atom is 0.234 e. The van der Waals surface area contributed by atoms with Crippen LogP contribution in [0.3, 0.4) is 0 Å². The highest BCUT2D eigenvalue weighted by molar-refractivity contribution is 7.17. The van der Waals surface area contributed by atoms with Gasteiger partial charge in [0.05, 0.1) is 18.9 Å². The van der Waals surface area contributed by atoms with Crippen LogP contribution >= 0.6 is 34.3 Å². The number of hydrogen-bond acceptors (Lipinski definition) is 12. The van der Waals surface area contributed by atoms with Gasteiger partial charge in [-0.15, -0.1) is 22.7 Å². The summed E-state index contributed by atoms with van der Waals surface area (Å²) in [6.07, 6.45) is 30.1. The van der Waals surface area contributed by atoms with Gasteiger partial charge in [0.15, 0.2) is 0 Å². The standard InChI is InChI=1S/C37H51N3O3S.C25H29N3O2S.C12H23ClO/c1-2-3-4-5-6-7-8-9-10-16-36(41)40-34-29-31(19-17-30(34)18-20-37(40)42)43-27-12-11-22-38-23-25-39(26-24-38)33-14-13-15-35-32(33)21-28-44-35;29-25-9-7-19-6-8-20(18-22(19)26-25)30-16-2-1-11-27-12-14-28(15-13-27)23-4-3-5-24-21(23)10-17-31-24;1-2-3-4-5-6-7-8-9-10-11-12(13)14/h13-15,17,19,21,28-29H,2-12,16,18,20,22-27H2,1H3;3-6,8,10,17-18H,1-2,7,9,11-16H2,(H,26,29);2-11H2,1H3. The number of benzene rings is 4. The zero-order valence-corrected chi connectivity index (χ0v) is 56.3. The highest BCUT2D eigenvalue weighted by Gasteiger charge is 2.30. The van der Waals surface area contributed by atoms with Gasteiger partial charge >= 0.3 is 0 Å². The van der Waals surface area contributed by atoms with Gasteiger partial charge < -0.3 is 24.6 Å². The second-order valence-electron chi connectivity index (χ2n) is 24.8. The van der Waals surface area contributed by atoms with Crippen molar-refractivity contribution in [1.29, 1.82) is 0 Å². The van der Waals surface area contributed by atoms with Gasteiger partial charge in [-0.05, 0) is 146 Å². The van der Waals surface area contributed by atoms with Gasteiger partial charge in [0, 0.05) is 127 Å². The van der Waals surface area contributed by atoms with Crippen molar-refractivity contribution in [2.24, 2.45) is 0 Å². The molecule has 10 rings (SSSR count). The molecule has 484 valence electrons. The van der Waals surface area contributed by atoms with E-state index < -0.39 is 0 Å². The van der Waals surface area contributed by atoms with Crippen molar-refractivity contribution in [1.82, 2.24) is 9.80 Å². The number of rotatable bonds is 34. The monoisotopic (exact) mass is 1270 g/mol.